The highest BCUT2D eigenvalue weighted by Gasteiger charge is 2.76. The number of morpholine rings is 1. The van der Waals surface area contributed by atoms with Gasteiger partial charge in [0.05, 0.1) is 35.8 Å². The van der Waals surface area contributed by atoms with Crippen LogP contribution in [0.15, 0.2) is 127 Å². The Labute approximate surface area is 365 Å². The molecule has 3 aliphatic rings. The molecule has 3 heterocycles. The second-order valence-corrected chi connectivity index (χ2v) is 15.1. The van der Waals surface area contributed by atoms with E-state index in [0.29, 0.717) is 16.7 Å². The summed E-state index contributed by atoms with van der Waals surface area (Å²) in [4.78, 5) is 84.2. The molecule has 5 N–H and O–H groups in total. The number of para-hydroxylation sites is 1. The van der Waals surface area contributed by atoms with Crippen LogP contribution < -0.4 is 20.7 Å². The number of hydrogen-bond donors (Lipinski definition) is 4. The summed E-state index contributed by atoms with van der Waals surface area (Å²) >= 11 is 0. The number of nitro benzene ring substituents is 1. The van der Waals surface area contributed by atoms with Crippen molar-refractivity contribution >= 4 is 41.3 Å². The van der Waals surface area contributed by atoms with Gasteiger partial charge >= 0.3 is 24.1 Å². The van der Waals surface area contributed by atoms with Crippen molar-refractivity contribution < 1.29 is 53.3 Å². The maximum absolute atomic E-state index is 16.0. The van der Waals surface area contributed by atoms with Crippen LogP contribution in [0, 0.1) is 27.9 Å². The molecular weight excluding hydrogens is 827 g/mol. The van der Waals surface area contributed by atoms with E-state index in [2.05, 4.69) is 17.2 Å². The van der Waals surface area contributed by atoms with Gasteiger partial charge in [-0.05, 0) is 58.7 Å². The minimum atomic E-state index is -2.35. The van der Waals surface area contributed by atoms with E-state index in [1.165, 1.54) is 42.5 Å². The number of primary amides is 1. The van der Waals surface area contributed by atoms with E-state index in [-0.39, 0.29) is 47.0 Å². The summed E-state index contributed by atoms with van der Waals surface area (Å²) in [6.07, 6.45) is -2.24. The third kappa shape index (κ3) is 7.50. The number of aliphatic carboxylic acids is 1. The SMILES string of the molecule is NC(=O)NCC#Cc1ccc2c(c1)C1(C(=O)N2C(=O)OCc2ccc([N+](=O)[O-])cc2)C(C(=O)O)C2C(=O)OC(c3ccccc3)C(c3ccccc3)N2C1c1ccccc1OCCO. The number of urea groups is 1. The summed E-state index contributed by atoms with van der Waals surface area (Å²) in [5.74, 6) is 0.357. The minimum Gasteiger partial charge on any atom is -0.491 e. The molecule has 0 aromatic heterocycles. The zero-order chi connectivity index (χ0) is 45.1. The summed E-state index contributed by atoms with van der Waals surface area (Å²) in [7, 11) is 0. The molecule has 0 radical (unpaired) electrons. The van der Waals surface area contributed by atoms with Crippen molar-refractivity contribution in [2.24, 2.45) is 11.7 Å². The Morgan fingerprint density at radius 3 is 2.22 bits per heavy atom. The summed E-state index contributed by atoms with van der Waals surface area (Å²) in [6, 6.07) is 29.2. The Morgan fingerprint density at radius 2 is 1.56 bits per heavy atom. The van der Waals surface area contributed by atoms with Crippen LogP contribution >= 0.6 is 0 Å². The molecule has 8 rings (SSSR count). The minimum absolute atomic E-state index is 0.0130. The van der Waals surface area contributed by atoms with Crippen LogP contribution in [0.2, 0.25) is 0 Å². The monoisotopic (exact) mass is 865 g/mol. The van der Waals surface area contributed by atoms with Gasteiger partial charge in [-0.25, -0.2) is 14.5 Å². The van der Waals surface area contributed by atoms with Crippen molar-refractivity contribution in [1.82, 2.24) is 10.2 Å². The van der Waals surface area contributed by atoms with Crippen molar-refractivity contribution in [2.45, 2.75) is 36.3 Å². The van der Waals surface area contributed by atoms with Gasteiger partial charge in [-0.15, -0.1) is 0 Å². The number of fused-ring (bicyclic) bond motifs is 3. The highest BCUT2D eigenvalue weighted by molar-refractivity contribution is 6.23. The summed E-state index contributed by atoms with van der Waals surface area (Å²) < 4.78 is 18.1. The van der Waals surface area contributed by atoms with Gasteiger partial charge in [0, 0.05) is 23.3 Å². The fourth-order valence-corrected chi connectivity index (χ4v) is 9.11. The second kappa shape index (κ2) is 17.7. The Kier molecular flexibility index (Phi) is 11.8. The summed E-state index contributed by atoms with van der Waals surface area (Å²) in [5, 5.41) is 35.1. The van der Waals surface area contributed by atoms with E-state index in [1.54, 1.807) is 77.7 Å². The Morgan fingerprint density at radius 1 is 0.891 bits per heavy atom. The Hall–Kier alpha value is -8.07. The number of hydrogen-bond acceptors (Lipinski definition) is 12. The lowest BCUT2D eigenvalue weighted by Gasteiger charge is -2.46. The third-order valence-corrected chi connectivity index (χ3v) is 11.6. The number of nitrogens with one attached hydrogen (secondary N) is 1. The van der Waals surface area contributed by atoms with Gasteiger partial charge in [-0.2, -0.15) is 0 Å². The molecule has 2 fully saturated rings. The number of nitrogens with zero attached hydrogens (tertiary/aromatic N) is 3. The van der Waals surface area contributed by atoms with Crippen molar-refractivity contribution in [3.8, 4) is 17.6 Å². The van der Waals surface area contributed by atoms with E-state index in [4.69, 9.17) is 19.9 Å². The topological polar surface area (TPSA) is 241 Å². The highest BCUT2D eigenvalue weighted by atomic mass is 16.6. The number of cyclic esters (lactones) is 1. The number of nitro groups is 1. The number of carboxylic acids is 1. The number of aliphatic hydroxyl groups is 1. The Bertz CT molecular complexity index is 2710. The van der Waals surface area contributed by atoms with Crippen LogP contribution in [0.5, 0.6) is 5.75 Å². The largest absolute Gasteiger partial charge is 0.491 e. The Balaban J connectivity index is 1.39. The lowest BCUT2D eigenvalue weighted by Crippen LogP contribution is -2.53. The molecule has 17 nitrogen and oxygen atoms in total. The molecular formula is C47H39N5O12. The number of carbonyl (C=O) groups is 5. The molecule has 2 saturated heterocycles. The molecule has 324 valence electrons. The number of carbonyl (C=O) groups excluding carboxylic acids is 4. The first-order chi connectivity index (χ1) is 31.0. The van der Waals surface area contributed by atoms with Gasteiger partial charge < -0.3 is 35.5 Å². The van der Waals surface area contributed by atoms with Crippen LogP contribution in [0.3, 0.4) is 0 Å². The fraction of sp³-hybridized carbons (Fsp3) is 0.213. The first kappa shape index (κ1) is 42.6. The van der Waals surface area contributed by atoms with E-state index in [1.807, 2.05) is 12.1 Å². The van der Waals surface area contributed by atoms with Gasteiger partial charge in [0.1, 0.15) is 42.4 Å². The predicted octanol–water partition coefficient (Wildman–Crippen LogP) is 5.07. The predicted molar refractivity (Wildman–Crippen MR) is 226 cm³/mol. The molecule has 6 unspecified atom stereocenters. The normalized spacial score (nSPS) is 22.1. The summed E-state index contributed by atoms with van der Waals surface area (Å²) in [5.41, 5.74) is 4.69. The van der Waals surface area contributed by atoms with E-state index in [0.717, 1.165) is 4.90 Å². The number of benzene rings is 5. The van der Waals surface area contributed by atoms with Crippen LogP contribution in [0.1, 0.15) is 51.6 Å². The number of ether oxygens (including phenoxy) is 3. The van der Waals surface area contributed by atoms with E-state index >= 15 is 4.79 Å². The quantitative estimate of drug-likeness (QED) is 0.0588. The molecule has 0 aliphatic carbocycles. The van der Waals surface area contributed by atoms with Gasteiger partial charge in [0.25, 0.3) is 5.69 Å². The van der Waals surface area contributed by atoms with E-state index < -0.39 is 83.7 Å². The number of carboxylic acid groups (broad SMARTS) is 1. The number of non-ortho nitro benzene ring substituents is 1. The van der Waals surface area contributed by atoms with Gasteiger partial charge in [0.15, 0.2) is 0 Å². The maximum atomic E-state index is 16.0. The molecule has 1 spiro atoms. The molecule has 4 amide bonds. The van der Waals surface area contributed by atoms with Crippen LogP contribution in [-0.2, 0) is 35.9 Å². The lowest BCUT2D eigenvalue weighted by atomic mass is 9.65. The smallest absolute Gasteiger partial charge is 0.421 e. The van der Waals surface area contributed by atoms with Crippen molar-refractivity contribution in [3.63, 3.8) is 0 Å². The molecule has 17 heteroatoms. The fourth-order valence-electron chi connectivity index (χ4n) is 9.11. The molecule has 5 aromatic carbocycles. The van der Waals surface area contributed by atoms with E-state index in [9.17, 15) is 39.5 Å². The first-order valence-corrected chi connectivity index (χ1v) is 20.0. The zero-order valence-electron chi connectivity index (χ0n) is 33.7. The maximum Gasteiger partial charge on any atom is 0.421 e. The first-order valence-electron chi connectivity index (χ1n) is 20.0. The number of imide groups is 1. The summed E-state index contributed by atoms with van der Waals surface area (Å²) in [6.45, 7) is -1.18. The third-order valence-electron chi connectivity index (χ3n) is 11.6. The molecule has 5 aromatic rings. The van der Waals surface area contributed by atoms with Crippen LogP contribution in [-0.4, -0.2) is 75.8 Å². The number of aliphatic hydroxyl groups excluding tert-OH is 1. The van der Waals surface area contributed by atoms with Gasteiger partial charge in [-0.1, -0.05) is 90.7 Å². The highest BCUT2D eigenvalue weighted by Crippen LogP contribution is 2.66. The van der Waals surface area contributed by atoms with Crippen molar-refractivity contribution in [3.05, 3.63) is 171 Å². The molecule has 0 bridgehead atoms. The molecule has 64 heavy (non-hydrogen) atoms. The standard InChI is InChI=1S/C47H39N5O12/c48-45(58)49-23-9-10-28-19-22-35-34(26-28)47(44(57)50(35)46(59)63-27-29-17-20-32(21-18-29)52(60)61)37(42(54)55)39-43(56)64-40(31-13-5-2-6-14-31)38(30-11-3-1-4-12-30)51(39)41(47)33-15-7-8-16-36(33)62-25-24-53/h1-8,11-22,26,37-41,53H,23-25,27H2,(H,54,55)(H3,48,49,58). The van der Waals surface area contributed by atoms with Crippen molar-refractivity contribution in [1.29, 1.82) is 0 Å². The van der Waals surface area contributed by atoms with Crippen LogP contribution in [0.25, 0.3) is 0 Å². The average Bonchev–Trinajstić information content (AvgIpc) is 3.76. The number of nitrogens with two attached hydrogens (primary N) is 1. The number of rotatable bonds is 11. The number of anilines is 1. The molecule has 3 aliphatic heterocycles. The zero-order valence-corrected chi connectivity index (χ0v) is 33.7. The average molecular weight is 866 g/mol. The lowest BCUT2D eigenvalue weighted by molar-refractivity contribution is -0.384. The molecule has 0 saturated carbocycles. The number of amides is 4. The number of esters is 1. The van der Waals surface area contributed by atoms with Gasteiger partial charge in [0.2, 0.25) is 5.91 Å². The van der Waals surface area contributed by atoms with Crippen LogP contribution in [0.4, 0.5) is 21.0 Å². The molecule has 6 atom stereocenters. The second-order valence-electron chi connectivity index (χ2n) is 15.1. The van der Waals surface area contributed by atoms with Crippen molar-refractivity contribution in [2.75, 3.05) is 24.7 Å². The van der Waals surface area contributed by atoms with Gasteiger partial charge in [-0.3, -0.25) is 29.4 Å².